The summed E-state index contributed by atoms with van der Waals surface area (Å²) in [5.74, 6) is -0.617. The SMILES string of the molecule is COC(=O)c1ccccc1Sc1c(/C=N\O)c(C(F)(F)F)nn1C. The highest BCUT2D eigenvalue weighted by molar-refractivity contribution is 7.99. The van der Waals surface area contributed by atoms with Gasteiger partial charge in [-0.25, -0.2) is 4.79 Å². The maximum atomic E-state index is 13.1. The van der Waals surface area contributed by atoms with Crippen molar-refractivity contribution in [3.8, 4) is 0 Å². The van der Waals surface area contributed by atoms with Gasteiger partial charge in [0.05, 0.1) is 24.5 Å². The molecule has 128 valence electrons. The maximum absolute atomic E-state index is 13.1. The van der Waals surface area contributed by atoms with E-state index in [0.717, 1.165) is 16.4 Å². The summed E-state index contributed by atoms with van der Waals surface area (Å²) in [6.07, 6.45) is -4.05. The van der Waals surface area contributed by atoms with Gasteiger partial charge in [-0.1, -0.05) is 29.1 Å². The lowest BCUT2D eigenvalue weighted by atomic mass is 10.2. The summed E-state index contributed by atoms with van der Waals surface area (Å²) >= 11 is 0.885. The van der Waals surface area contributed by atoms with Crippen molar-refractivity contribution >= 4 is 23.9 Å². The van der Waals surface area contributed by atoms with Gasteiger partial charge < -0.3 is 9.94 Å². The maximum Gasteiger partial charge on any atom is 0.435 e. The predicted octanol–water partition coefficient (Wildman–Crippen LogP) is 3.18. The Labute approximate surface area is 138 Å². The Morgan fingerprint density at radius 3 is 2.67 bits per heavy atom. The fourth-order valence-corrected chi connectivity index (χ4v) is 3.02. The number of alkyl halides is 3. The molecule has 10 heteroatoms. The van der Waals surface area contributed by atoms with Gasteiger partial charge in [0.25, 0.3) is 0 Å². The van der Waals surface area contributed by atoms with E-state index in [1.807, 2.05) is 0 Å². The van der Waals surface area contributed by atoms with Gasteiger partial charge in [-0.2, -0.15) is 18.3 Å². The summed E-state index contributed by atoms with van der Waals surface area (Å²) < 4.78 is 44.9. The van der Waals surface area contributed by atoms with Crippen LogP contribution in [0.5, 0.6) is 0 Å². The molecule has 0 atom stereocenters. The minimum Gasteiger partial charge on any atom is -0.465 e. The Hall–Kier alpha value is -2.49. The topological polar surface area (TPSA) is 76.7 Å². The Balaban J connectivity index is 2.56. The van der Waals surface area contributed by atoms with Crippen LogP contribution < -0.4 is 0 Å². The molecule has 0 aliphatic heterocycles. The van der Waals surface area contributed by atoms with Crippen molar-refractivity contribution in [1.29, 1.82) is 0 Å². The number of oxime groups is 1. The summed E-state index contributed by atoms with van der Waals surface area (Å²) in [4.78, 5) is 12.2. The fraction of sp³-hybridized carbons (Fsp3) is 0.214. The minimum atomic E-state index is -4.71. The Morgan fingerprint density at radius 2 is 2.08 bits per heavy atom. The summed E-state index contributed by atoms with van der Waals surface area (Å²) in [5, 5.41) is 14.9. The highest BCUT2D eigenvalue weighted by atomic mass is 32.2. The zero-order chi connectivity index (χ0) is 17.9. The van der Waals surface area contributed by atoms with Crippen LogP contribution in [0.3, 0.4) is 0 Å². The standard InChI is InChI=1S/C14H12F3N3O3S/c1-20-12(9(7-18-22)11(19-20)14(15,16)17)24-10-6-4-3-5-8(10)13(21)23-2/h3-7,22H,1-2H3/b18-7-. The highest BCUT2D eigenvalue weighted by Gasteiger charge is 2.38. The van der Waals surface area contributed by atoms with Gasteiger partial charge >= 0.3 is 12.1 Å². The molecule has 0 aliphatic carbocycles. The molecule has 1 heterocycles. The molecule has 24 heavy (non-hydrogen) atoms. The third kappa shape index (κ3) is 3.53. The van der Waals surface area contributed by atoms with Crippen LogP contribution in [-0.2, 0) is 18.0 Å². The number of hydrogen-bond donors (Lipinski definition) is 1. The third-order valence-corrected chi connectivity index (χ3v) is 4.24. The summed E-state index contributed by atoms with van der Waals surface area (Å²) in [5.41, 5.74) is -1.37. The Morgan fingerprint density at radius 1 is 1.42 bits per heavy atom. The summed E-state index contributed by atoms with van der Waals surface area (Å²) in [6.45, 7) is 0. The van der Waals surface area contributed by atoms with E-state index in [4.69, 9.17) is 5.21 Å². The van der Waals surface area contributed by atoms with Gasteiger partial charge in [-0.05, 0) is 12.1 Å². The lowest BCUT2D eigenvalue weighted by Crippen LogP contribution is -2.09. The largest absolute Gasteiger partial charge is 0.465 e. The average Bonchev–Trinajstić information content (AvgIpc) is 2.84. The first-order valence-corrected chi connectivity index (χ1v) is 7.28. The fourth-order valence-electron chi connectivity index (χ4n) is 1.97. The molecule has 2 rings (SSSR count). The van der Waals surface area contributed by atoms with Crippen molar-refractivity contribution in [3.63, 3.8) is 0 Å². The molecule has 0 amide bonds. The predicted molar refractivity (Wildman–Crippen MR) is 79.5 cm³/mol. The quantitative estimate of drug-likeness (QED) is 0.393. The van der Waals surface area contributed by atoms with Crippen LogP contribution in [-0.4, -0.2) is 34.3 Å². The monoisotopic (exact) mass is 359 g/mol. The minimum absolute atomic E-state index is 0.0662. The van der Waals surface area contributed by atoms with E-state index in [1.54, 1.807) is 18.2 Å². The number of carbonyl (C=O) groups is 1. The first-order valence-electron chi connectivity index (χ1n) is 6.46. The highest BCUT2D eigenvalue weighted by Crippen LogP contribution is 2.38. The van der Waals surface area contributed by atoms with E-state index in [2.05, 4.69) is 15.0 Å². The number of benzene rings is 1. The third-order valence-electron chi connectivity index (χ3n) is 2.98. The molecule has 6 nitrogen and oxygen atoms in total. The van der Waals surface area contributed by atoms with Gasteiger partial charge in [-0.15, -0.1) is 0 Å². The number of esters is 1. The molecule has 0 fully saturated rings. The zero-order valence-corrected chi connectivity index (χ0v) is 13.4. The number of carbonyl (C=O) groups excluding carboxylic acids is 1. The van der Waals surface area contributed by atoms with Gasteiger partial charge in [0, 0.05) is 11.9 Å². The molecule has 0 aliphatic rings. The van der Waals surface area contributed by atoms with Gasteiger partial charge in [-0.3, -0.25) is 4.68 Å². The molecule has 1 aromatic carbocycles. The normalized spacial score (nSPS) is 11.9. The van der Waals surface area contributed by atoms with E-state index in [-0.39, 0.29) is 10.6 Å². The molecule has 0 radical (unpaired) electrons. The number of aromatic nitrogens is 2. The van der Waals surface area contributed by atoms with Crippen LogP contribution in [0.1, 0.15) is 21.6 Å². The Kier molecular flexibility index (Phi) is 5.17. The van der Waals surface area contributed by atoms with E-state index < -0.39 is 23.4 Å². The molecular weight excluding hydrogens is 347 g/mol. The smallest absolute Gasteiger partial charge is 0.435 e. The lowest BCUT2D eigenvalue weighted by molar-refractivity contribution is -0.141. The average molecular weight is 359 g/mol. The number of rotatable bonds is 4. The molecule has 2 aromatic rings. The van der Waals surface area contributed by atoms with Crippen LogP contribution in [0, 0.1) is 0 Å². The van der Waals surface area contributed by atoms with Crippen LogP contribution in [0.15, 0.2) is 39.3 Å². The van der Waals surface area contributed by atoms with E-state index in [9.17, 15) is 18.0 Å². The summed E-state index contributed by atoms with van der Waals surface area (Å²) in [6, 6.07) is 6.30. The number of methoxy groups -OCH3 is 1. The van der Waals surface area contributed by atoms with Crippen LogP contribution >= 0.6 is 11.8 Å². The number of ether oxygens (including phenoxy) is 1. The van der Waals surface area contributed by atoms with Crippen molar-refractivity contribution in [3.05, 3.63) is 41.1 Å². The van der Waals surface area contributed by atoms with Gasteiger partial charge in [0.1, 0.15) is 5.03 Å². The number of nitrogens with zero attached hydrogens (tertiary/aromatic N) is 3. The van der Waals surface area contributed by atoms with E-state index in [0.29, 0.717) is 11.1 Å². The molecule has 1 aromatic heterocycles. The molecule has 1 N–H and O–H groups in total. The molecule has 0 saturated carbocycles. The molecule has 0 saturated heterocycles. The van der Waals surface area contributed by atoms with Gasteiger partial charge in [0.2, 0.25) is 0 Å². The zero-order valence-electron chi connectivity index (χ0n) is 12.5. The first-order chi connectivity index (χ1) is 11.3. The second-order valence-corrected chi connectivity index (χ2v) is 5.55. The molecule has 0 bridgehead atoms. The molecule has 0 unspecified atom stereocenters. The first kappa shape index (κ1) is 17.9. The number of hydrogen-bond acceptors (Lipinski definition) is 6. The van der Waals surface area contributed by atoms with Crippen LogP contribution in [0.25, 0.3) is 0 Å². The molecule has 0 spiro atoms. The summed E-state index contributed by atoms with van der Waals surface area (Å²) in [7, 11) is 2.53. The van der Waals surface area contributed by atoms with Gasteiger partial charge in [0.15, 0.2) is 5.69 Å². The van der Waals surface area contributed by atoms with Crippen LogP contribution in [0.4, 0.5) is 13.2 Å². The van der Waals surface area contributed by atoms with Crippen molar-refractivity contribution in [2.45, 2.75) is 16.1 Å². The second kappa shape index (κ2) is 6.95. The van der Waals surface area contributed by atoms with Crippen LogP contribution in [0.2, 0.25) is 0 Å². The van der Waals surface area contributed by atoms with Crippen molar-refractivity contribution < 1.29 is 27.9 Å². The van der Waals surface area contributed by atoms with Crippen molar-refractivity contribution in [1.82, 2.24) is 9.78 Å². The lowest BCUT2D eigenvalue weighted by Gasteiger charge is -2.08. The van der Waals surface area contributed by atoms with E-state index in [1.165, 1.54) is 20.2 Å². The number of halogens is 3. The van der Waals surface area contributed by atoms with Crippen molar-refractivity contribution in [2.24, 2.45) is 12.2 Å². The van der Waals surface area contributed by atoms with Crippen molar-refractivity contribution in [2.75, 3.05) is 7.11 Å². The number of aryl methyl sites for hydroxylation is 1. The second-order valence-electron chi connectivity index (χ2n) is 4.52. The molecular formula is C14H12F3N3O3S. The van der Waals surface area contributed by atoms with E-state index >= 15 is 0 Å². The Bertz CT molecular complexity index is 787.